The number of rotatable bonds is 7. The molecule has 0 radical (unpaired) electrons. The molecule has 3 amide bonds. The topological polar surface area (TPSA) is 98.9 Å². The molecular weight excluding hydrogens is 394 g/mol. The van der Waals surface area contributed by atoms with Crippen molar-refractivity contribution in [1.82, 2.24) is 15.5 Å². The van der Waals surface area contributed by atoms with Gasteiger partial charge in [-0.2, -0.15) is 0 Å². The van der Waals surface area contributed by atoms with E-state index in [-0.39, 0.29) is 11.9 Å². The van der Waals surface area contributed by atoms with E-state index < -0.39 is 0 Å². The molecule has 1 saturated carbocycles. The third-order valence-corrected chi connectivity index (χ3v) is 5.80. The summed E-state index contributed by atoms with van der Waals surface area (Å²) >= 11 is 6.12. The van der Waals surface area contributed by atoms with Crippen molar-refractivity contribution in [3.63, 3.8) is 0 Å². The standard InChI is InChI=1S/C19H25N5O2S2/c25-16(20-12-14-5-2-1-3-6-14)10-9-13-7-4-8-15(11-13)21-17(26)22-18-23-24-19(27)28-18/h4,7-8,11,14H,1-3,5-6,9-10,12H2,(H,20,25)(H,24,27)(H2,21,22,23,26). The molecule has 1 aliphatic rings. The highest BCUT2D eigenvalue weighted by atomic mass is 32.1. The Kier molecular flexibility index (Phi) is 7.55. The van der Waals surface area contributed by atoms with E-state index in [1.807, 2.05) is 18.2 Å². The zero-order valence-corrected chi connectivity index (χ0v) is 17.3. The molecule has 4 N–H and O–H groups in total. The summed E-state index contributed by atoms with van der Waals surface area (Å²) in [5.41, 5.74) is 1.66. The molecule has 28 heavy (non-hydrogen) atoms. The summed E-state index contributed by atoms with van der Waals surface area (Å²) in [7, 11) is 0. The van der Waals surface area contributed by atoms with Gasteiger partial charge in [0.15, 0.2) is 3.95 Å². The Bertz CT molecular complexity index is 858. The molecule has 1 heterocycles. The molecule has 9 heteroatoms. The van der Waals surface area contributed by atoms with E-state index in [4.69, 9.17) is 12.2 Å². The second-order valence-electron chi connectivity index (χ2n) is 7.01. The first-order chi connectivity index (χ1) is 13.6. The lowest BCUT2D eigenvalue weighted by molar-refractivity contribution is -0.121. The van der Waals surface area contributed by atoms with Crippen LogP contribution in [-0.2, 0) is 11.2 Å². The van der Waals surface area contributed by atoms with Crippen LogP contribution in [0.5, 0.6) is 0 Å². The fourth-order valence-corrected chi connectivity index (χ4v) is 4.13. The second kappa shape index (κ2) is 10.3. The SMILES string of the molecule is O=C(CCc1cccc(NC(=O)Nc2n[nH]c(=S)s2)c1)NCC1CCCCC1. The third kappa shape index (κ3) is 6.72. The first kappa shape index (κ1) is 20.5. The lowest BCUT2D eigenvalue weighted by Crippen LogP contribution is -2.30. The van der Waals surface area contributed by atoms with E-state index >= 15 is 0 Å². The fourth-order valence-electron chi connectivity index (χ4n) is 3.34. The Hall–Kier alpha value is -2.26. The maximum atomic E-state index is 12.1. The highest BCUT2D eigenvalue weighted by Gasteiger charge is 2.14. The Morgan fingerprint density at radius 2 is 2.04 bits per heavy atom. The lowest BCUT2D eigenvalue weighted by atomic mass is 9.89. The summed E-state index contributed by atoms with van der Waals surface area (Å²) in [6, 6.07) is 7.11. The summed E-state index contributed by atoms with van der Waals surface area (Å²) < 4.78 is 0.499. The van der Waals surface area contributed by atoms with Crippen molar-refractivity contribution >= 4 is 46.3 Å². The number of H-pyrrole nitrogens is 1. The van der Waals surface area contributed by atoms with Gasteiger partial charge in [-0.05, 0) is 55.1 Å². The summed E-state index contributed by atoms with van der Waals surface area (Å²) in [4.78, 5) is 24.2. The number of carbonyl (C=O) groups is 2. The summed E-state index contributed by atoms with van der Waals surface area (Å²) in [5.74, 6) is 0.720. The van der Waals surface area contributed by atoms with Crippen LogP contribution in [0.1, 0.15) is 44.1 Å². The normalized spacial score (nSPS) is 14.4. The number of aromatic amines is 1. The van der Waals surface area contributed by atoms with E-state index in [1.54, 1.807) is 6.07 Å². The number of urea groups is 1. The molecule has 7 nitrogen and oxygen atoms in total. The monoisotopic (exact) mass is 419 g/mol. The molecule has 0 unspecified atom stereocenters. The van der Waals surface area contributed by atoms with Crippen LogP contribution < -0.4 is 16.0 Å². The molecule has 1 aliphatic carbocycles. The molecule has 150 valence electrons. The Morgan fingerprint density at radius 3 is 2.79 bits per heavy atom. The number of anilines is 2. The van der Waals surface area contributed by atoms with Crippen molar-refractivity contribution in [2.75, 3.05) is 17.2 Å². The van der Waals surface area contributed by atoms with Crippen molar-refractivity contribution in [3.05, 3.63) is 33.8 Å². The van der Waals surface area contributed by atoms with Crippen molar-refractivity contribution in [2.45, 2.75) is 44.9 Å². The number of nitrogens with zero attached hydrogens (tertiary/aromatic N) is 1. The minimum absolute atomic E-state index is 0.0846. The highest BCUT2D eigenvalue weighted by Crippen LogP contribution is 2.22. The molecule has 0 spiro atoms. The molecule has 2 aromatic rings. The lowest BCUT2D eigenvalue weighted by Gasteiger charge is -2.21. The van der Waals surface area contributed by atoms with E-state index in [0.29, 0.717) is 33.5 Å². The number of aryl methyl sites for hydroxylation is 1. The van der Waals surface area contributed by atoms with Gasteiger partial charge in [0.2, 0.25) is 11.0 Å². The number of benzene rings is 1. The van der Waals surface area contributed by atoms with Crippen LogP contribution in [0.2, 0.25) is 0 Å². The van der Waals surface area contributed by atoms with Gasteiger partial charge in [0.05, 0.1) is 0 Å². The Morgan fingerprint density at radius 1 is 1.21 bits per heavy atom. The second-order valence-corrected chi connectivity index (χ2v) is 8.67. The predicted octanol–water partition coefficient (Wildman–Crippen LogP) is 4.47. The number of amides is 3. The van der Waals surface area contributed by atoms with Crippen LogP contribution in [-0.4, -0.2) is 28.7 Å². The largest absolute Gasteiger partial charge is 0.356 e. The maximum Gasteiger partial charge on any atom is 0.325 e. The van der Waals surface area contributed by atoms with Crippen molar-refractivity contribution in [3.8, 4) is 0 Å². The molecule has 1 aromatic carbocycles. The van der Waals surface area contributed by atoms with Gasteiger partial charge in [0.25, 0.3) is 0 Å². The smallest absolute Gasteiger partial charge is 0.325 e. The molecule has 0 atom stereocenters. The van der Waals surface area contributed by atoms with E-state index in [9.17, 15) is 9.59 Å². The average molecular weight is 420 g/mol. The number of nitrogens with one attached hydrogen (secondary N) is 4. The molecule has 1 fully saturated rings. The van der Waals surface area contributed by atoms with Crippen molar-refractivity contribution < 1.29 is 9.59 Å². The fraction of sp³-hybridized carbons (Fsp3) is 0.474. The first-order valence-electron chi connectivity index (χ1n) is 9.57. The molecule has 0 saturated heterocycles. The first-order valence-corrected chi connectivity index (χ1v) is 10.8. The molecule has 1 aromatic heterocycles. The van der Waals surface area contributed by atoms with Gasteiger partial charge in [0, 0.05) is 18.7 Å². The van der Waals surface area contributed by atoms with Crippen LogP contribution >= 0.6 is 23.6 Å². The Labute approximate surface area is 173 Å². The maximum absolute atomic E-state index is 12.1. The third-order valence-electron chi connectivity index (χ3n) is 4.80. The Balaban J connectivity index is 1.42. The van der Waals surface area contributed by atoms with Crippen LogP contribution in [0.4, 0.5) is 15.6 Å². The van der Waals surface area contributed by atoms with Gasteiger partial charge in [-0.1, -0.05) is 42.7 Å². The number of hydrogen-bond donors (Lipinski definition) is 4. The minimum Gasteiger partial charge on any atom is -0.356 e. The summed E-state index contributed by atoms with van der Waals surface area (Å²) in [5, 5.41) is 15.4. The van der Waals surface area contributed by atoms with Crippen LogP contribution in [0, 0.1) is 9.87 Å². The van der Waals surface area contributed by atoms with Gasteiger partial charge in [-0.3, -0.25) is 15.2 Å². The highest BCUT2D eigenvalue weighted by molar-refractivity contribution is 7.73. The van der Waals surface area contributed by atoms with Crippen LogP contribution in [0.25, 0.3) is 0 Å². The molecule has 3 rings (SSSR count). The van der Waals surface area contributed by atoms with E-state index in [2.05, 4.69) is 26.1 Å². The van der Waals surface area contributed by atoms with E-state index in [1.165, 1.54) is 43.4 Å². The van der Waals surface area contributed by atoms with Gasteiger partial charge in [-0.15, -0.1) is 5.10 Å². The van der Waals surface area contributed by atoms with Crippen molar-refractivity contribution in [1.29, 1.82) is 0 Å². The van der Waals surface area contributed by atoms with Gasteiger partial charge >= 0.3 is 6.03 Å². The zero-order chi connectivity index (χ0) is 19.8. The summed E-state index contributed by atoms with van der Waals surface area (Å²) in [6.07, 6.45) is 7.41. The number of aromatic nitrogens is 2. The summed E-state index contributed by atoms with van der Waals surface area (Å²) in [6.45, 7) is 0.792. The molecular formula is C19H25N5O2S2. The van der Waals surface area contributed by atoms with Gasteiger partial charge < -0.3 is 10.6 Å². The van der Waals surface area contributed by atoms with Gasteiger partial charge in [0.1, 0.15) is 0 Å². The predicted molar refractivity (Wildman–Crippen MR) is 114 cm³/mol. The van der Waals surface area contributed by atoms with E-state index in [0.717, 1.165) is 12.1 Å². The zero-order valence-electron chi connectivity index (χ0n) is 15.6. The van der Waals surface area contributed by atoms with Gasteiger partial charge in [-0.25, -0.2) is 4.79 Å². The minimum atomic E-state index is -0.389. The molecule has 0 aliphatic heterocycles. The van der Waals surface area contributed by atoms with Crippen molar-refractivity contribution in [2.24, 2.45) is 5.92 Å². The average Bonchev–Trinajstić information content (AvgIpc) is 3.10. The number of carbonyl (C=O) groups excluding carboxylic acids is 2. The van der Waals surface area contributed by atoms with Crippen LogP contribution in [0.3, 0.4) is 0 Å². The van der Waals surface area contributed by atoms with Crippen LogP contribution in [0.15, 0.2) is 24.3 Å². The number of hydrogen-bond acceptors (Lipinski definition) is 5. The molecule has 0 bridgehead atoms. The quantitative estimate of drug-likeness (QED) is 0.498.